The van der Waals surface area contributed by atoms with Gasteiger partial charge in [-0.3, -0.25) is 14.5 Å². The van der Waals surface area contributed by atoms with Gasteiger partial charge in [-0.25, -0.2) is 0 Å². The number of nitrogens with zero attached hydrogens (tertiary/aromatic N) is 3. The number of carbonyl (C=O) groups excluding carboxylic acids is 2. The highest BCUT2D eigenvalue weighted by Gasteiger charge is 2.26. The zero-order chi connectivity index (χ0) is 22.2. The monoisotopic (exact) mass is 487 g/mol. The normalized spacial score (nSPS) is 14.4. The quantitative estimate of drug-likeness (QED) is 0.570. The van der Waals surface area contributed by atoms with Crippen molar-refractivity contribution in [3.05, 3.63) is 64.1 Å². The van der Waals surface area contributed by atoms with Crippen LogP contribution in [0.5, 0.6) is 5.75 Å². The van der Waals surface area contributed by atoms with Gasteiger partial charge in [-0.1, -0.05) is 46.3 Å². The lowest BCUT2D eigenvalue weighted by atomic mass is 10.1. The molecule has 2 aromatic rings. The molecule has 0 radical (unpaired) electrons. The van der Waals surface area contributed by atoms with Crippen LogP contribution in [0.3, 0.4) is 0 Å². The minimum atomic E-state index is -0.0301. The fourth-order valence-corrected chi connectivity index (χ4v) is 4.09. The van der Waals surface area contributed by atoms with E-state index < -0.39 is 0 Å². The van der Waals surface area contributed by atoms with Gasteiger partial charge >= 0.3 is 0 Å². The number of carbonyl (C=O) groups is 2. The summed E-state index contributed by atoms with van der Waals surface area (Å²) in [5.41, 5.74) is 1.60. The minimum Gasteiger partial charge on any atom is -0.488 e. The number of hydrogen-bond donors (Lipinski definition) is 0. The molecule has 2 aromatic carbocycles. The lowest BCUT2D eigenvalue weighted by Gasteiger charge is -2.35. The zero-order valence-corrected chi connectivity index (χ0v) is 19.8. The standard InChI is InChI=1S/C24H30BrN3O3/c1-3-27(4-2)23(29)17-26-13-15-28(16-14-26)24(30)20-10-6-8-12-22(20)31-18-19-9-5-7-11-21(19)25/h5-12H,3-4,13-18H2,1-2H3. The van der Waals surface area contributed by atoms with E-state index in [4.69, 9.17) is 4.74 Å². The Labute approximate surface area is 192 Å². The maximum absolute atomic E-state index is 13.2. The molecule has 0 N–H and O–H groups in total. The Bertz CT molecular complexity index is 893. The van der Waals surface area contributed by atoms with Gasteiger partial charge in [0.25, 0.3) is 5.91 Å². The summed E-state index contributed by atoms with van der Waals surface area (Å²) in [6.45, 7) is 8.82. The minimum absolute atomic E-state index is 0.0301. The van der Waals surface area contributed by atoms with Crippen LogP contribution in [0.25, 0.3) is 0 Å². The van der Waals surface area contributed by atoms with Gasteiger partial charge in [0.2, 0.25) is 5.91 Å². The number of benzene rings is 2. The predicted octanol–water partition coefficient (Wildman–Crippen LogP) is 3.65. The second-order valence-electron chi connectivity index (χ2n) is 7.51. The SMILES string of the molecule is CCN(CC)C(=O)CN1CCN(C(=O)c2ccccc2OCc2ccccc2Br)CC1. The maximum Gasteiger partial charge on any atom is 0.257 e. The molecule has 1 aliphatic rings. The van der Waals surface area contributed by atoms with Crippen LogP contribution in [0.1, 0.15) is 29.8 Å². The van der Waals surface area contributed by atoms with Crippen molar-refractivity contribution in [2.24, 2.45) is 0 Å². The van der Waals surface area contributed by atoms with Crippen LogP contribution >= 0.6 is 15.9 Å². The first-order valence-corrected chi connectivity index (χ1v) is 11.6. The average Bonchev–Trinajstić information content (AvgIpc) is 2.79. The summed E-state index contributed by atoms with van der Waals surface area (Å²) < 4.78 is 6.98. The predicted molar refractivity (Wildman–Crippen MR) is 125 cm³/mol. The first kappa shape index (κ1) is 23.3. The van der Waals surface area contributed by atoms with Crippen molar-refractivity contribution in [1.29, 1.82) is 0 Å². The fourth-order valence-electron chi connectivity index (χ4n) is 3.69. The molecule has 1 saturated heterocycles. The number of piperazine rings is 1. The van der Waals surface area contributed by atoms with E-state index in [9.17, 15) is 9.59 Å². The molecule has 0 aromatic heterocycles. The van der Waals surface area contributed by atoms with Crippen molar-refractivity contribution < 1.29 is 14.3 Å². The Balaban J connectivity index is 1.59. The molecule has 0 saturated carbocycles. The van der Waals surface area contributed by atoms with E-state index in [1.54, 1.807) is 0 Å². The van der Waals surface area contributed by atoms with Crippen LogP contribution in [0.2, 0.25) is 0 Å². The number of para-hydroxylation sites is 1. The van der Waals surface area contributed by atoms with E-state index >= 15 is 0 Å². The molecule has 166 valence electrons. The third-order valence-electron chi connectivity index (χ3n) is 5.59. The Kier molecular flexibility index (Phi) is 8.49. The molecule has 2 amide bonds. The number of ether oxygens (including phenoxy) is 1. The Morgan fingerprint density at radius 3 is 2.29 bits per heavy atom. The summed E-state index contributed by atoms with van der Waals surface area (Å²) in [4.78, 5) is 31.3. The largest absolute Gasteiger partial charge is 0.488 e. The van der Waals surface area contributed by atoms with Crippen LogP contribution in [0.4, 0.5) is 0 Å². The van der Waals surface area contributed by atoms with E-state index in [0.717, 1.165) is 23.1 Å². The molecule has 31 heavy (non-hydrogen) atoms. The van der Waals surface area contributed by atoms with Crippen molar-refractivity contribution in [2.45, 2.75) is 20.5 Å². The first-order valence-electron chi connectivity index (χ1n) is 10.8. The molecular weight excluding hydrogens is 458 g/mol. The van der Waals surface area contributed by atoms with E-state index in [1.165, 1.54) is 0 Å². The van der Waals surface area contributed by atoms with Gasteiger partial charge in [0.05, 0.1) is 12.1 Å². The second-order valence-corrected chi connectivity index (χ2v) is 8.36. The van der Waals surface area contributed by atoms with E-state index in [-0.39, 0.29) is 11.8 Å². The van der Waals surface area contributed by atoms with Gasteiger partial charge < -0.3 is 14.5 Å². The Morgan fingerprint density at radius 2 is 1.61 bits per heavy atom. The molecule has 6 nitrogen and oxygen atoms in total. The third kappa shape index (κ3) is 6.08. The van der Waals surface area contributed by atoms with Crippen molar-refractivity contribution >= 4 is 27.7 Å². The summed E-state index contributed by atoms with van der Waals surface area (Å²) in [7, 11) is 0. The first-order chi connectivity index (χ1) is 15.0. The van der Waals surface area contributed by atoms with E-state index in [0.29, 0.717) is 50.6 Å². The number of likely N-dealkylation sites (N-methyl/N-ethyl adjacent to an activating group) is 1. The summed E-state index contributed by atoms with van der Waals surface area (Å²) >= 11 is 3.53. The maximum atomic E-state index is 13.2. The van der Waals surface area contributed by atoms with Crippen molar-refractivity contribution in [3.63, 3.8) is 0 Å². The van der Waals surface area contributed by atoms with Crippen LogP contribution in [0.15, 0.2) is 53.0 Å². The molecule has 0 atom stereocenters. The molecule has 0 bridgehead atoms. The zero-order valence-electron chi connectivity index (χ0n) is 18.2. The highest BCUT2D eigenvalue weighted by atomic mass is 79.9. The molecule has 0 unspecified atom stereocenters. The lowest BCUT2D eigenvalue weighted by molar-refractivity contribution is -0.132. The Morgan fingerprint density at radius 1 is 0.968 bits per heavy atom. The molecule has 1 aliphatic heterocycles. The molecule has 0 spiro atoms. The highest BCUT2D eigenvalue weighted by Crippen LogP contribution is 2.24. The van der Waals surface area contributed by atoms with Crippen LogP contribution in [0, 0.1) is 0 Å². The molecule has 3 rings (SSSR count). The summed E-state index contributed by atoms with van der Waals surface area (Å²) in [6.07, 6.45) is 0. The summed E-state index contributed by atoms with van der Waals surface area (Å²) in [5.74, 6) is 0.704. The second kappa shape index (κ2) is 11.3. The molecular formula is C24H30BrN3O3. The van der Waals surface area contributed by atoms with Crippen molar-refractivity contribution in [1.82, 2.24) is 14.7 Å². The lowest BCUT2D eigenvalue weighted by Crippen LogP contribution is -2.51. The fraction of sp³-hybridized carbons (Fsp3) is 0.417. The van der Waals surface area contributed by atoms with Gasteiger partial charge in [-0.15, -0.1) is 0 Å². The van der Waals surface area contributed by atoms with Gasteiger partial charge in [0.1, 0.15) is 12.4 Å². The number of halogens is 1. The summed E-state index contributed by atoms with van der Waals surface area (Å²) in [6, 6.07) is 15.3. The van der Waals surface area contributed by atoms with E-state index in [1.807, 2.05) is 72.2 Å². The number of rotatable bonds is 8. The van der Waals surface area contributed by atoms with Gasteiger partial charge in [-0.05, 0) is 32.0 Å². The molecule has 1 fully saturated rings. The third-order valence-corrected chi connectivity index (χ3v) is 6.37. The topological polar surface area (TPSA) is 53.1 Å². The van der Waals surface area contributed by atoms with Crippen LogP contribution in [-0.2, 0) is 11.4 Å². The van der Waals surface area contributed by atoms with Crippen LogP contribution in [-0.4, -0.2) is 72.3 Å². The van der Waals surface area contributed by atoms with Crippen LogP contribution < -0.4 is 4.74 Å². The van der Waals surface area contributed by atoms with Gasteiger partial charge in [0, 0.05) is 49.3 Å². The van der Waals surface area contributed by atoms with E-state index in [2.05, 4.69) is 20.8 Å². The highest BCUT2D eigenvalue weighted by molar-refractivity contribution is 9.10. The van der Waals surface area contributed by atoms with Crippen molar-refractivity contribution in [3.8, 4) is 5.75 Å². The van der Waals surface area contributed by atoms with Crippen molar-refractivity contribution in [2.75, 3.05) is 45.8 Å². The average molecular weight is 488 g/mol. The summed E-state index contributed by atoms with van der Waals surface area (Å²) in [5, 5.41) is 0. The van der Waals surface area contributed by atoms with Gasteiger partial charge in [-0.2, -0.15) is 0 Å². The smallest absolute Gasteiger partial charge is 0.257 e. The number of hydrogen-bond acceptors (Lipinski definition) is 4. The Hall–Kier alpha value is -2.38. The molecule has 1 heterocycles. The molecule has 0 aliphatic carbocycles. The molecule has 7 heteroatoms. The van der Waals surface area contributed by atoms with Gasteiger partial charge in [0.15, 0.2) is 0 Å². The number of amides is 2.